The van der Waals surface area contributed by atoms with E-state index in [0.29, 0.717) is 0 Å². The second kappa shape index (κ2) is 6.49. The number of carbonyl (C=O) groups excluding carboxylic acids is 1. The third-order valence-corrected chi connectivity index (χ3v) is 2.64. The van der Waals surface area contributed by atoms with Crippen molar-refractivity contribution in [2.75, 3.05) is 6.54 Å². The molecule has 2 N–H and O–H groups in total. The molecular weight excluding hydrogens is 242 g/mol. The van der Waals surface area contributed by atoms with E-state index in [1.165, 1.54) is 22.9 Å². The van der Waals surface area contributed by atoms with Gasteiger partial charge < -0.3 is 15.0 Å². The Labute approximate surface area is 105 Å². The molecule has 0 aliphatic carbocycles. The van der Waals surface area contributed by atoms with Crippen molar-refractivity contribution in [2.24, 2.45) is 5.92 Å². The van der Waals surface area contributed by atoms with Crippen LogP contribution in [-0.4, -0.2) is 34.7 Å². The lowest BCUT2D eigenvalue weighted by atomic mass is 10.1. The van der Waals surface area contributed by atoms with E-state index in [0.717, 1.165) is 0 Å². The van der Waals surface area contributed by atoms with Crippen molar-refractivity contribution in [3.8, 4) is 0 Å². The van der Waals surface area contributed by atoms with Crippen LogP contribution in [0.4, 0.5) is 8.78 Å². The lowest BCUT2D eigenvalue weighted by molar-refractivity contribution is 0.0853. The molecule has 0 fully saturated rings. The Balaban J connectivity index is 2.59. The Hall–Kier alpha value is -1.43. The molecule has 1 aromatic heterocycles. The van der Waals surface area contributed by atoms with Crippen LogP contribution < -0.4 is 5.32 Å². The maximum atomic E-state index is 12.3. The van der Waals surface area contributed by atoms with E-state index in [1.807, 2.05) is 13.8 Å². The summed E-state index contributed by atoms with van der Waals surface area (Å²) in [5, 5.41) is 12.1. The molecular formula is C12H18F2N2O2. The number of aliphatic hydroxyl groups is 1. The number of hydrogen-bond donors (Lipinski definition) is 2. The molecule has 0 radical (unpaired) electrons. The van der Waals surface area contributed by atoms with E-state index in [1.54, 1.807) is 0 Å². The van der Waals surface area contributed by atoms with Crippen LogP contribution in [0.1, 0.15) is 24.3 Å². The molecule has 4 nitrogen and oxygen atoms in total. The number of amides is 1. The standard InChI is InChI=1S/C12H18F2N2O2/c1-8(2)10(17)6-15-12(18)9-4-3-5-16(9)7-11(13)14/h3-5,8,10-11,17H,6-7H2,1-2H3,(H,15,18). The van der Waals surface area contributed by atoms with Gasteiger partial charge in [-0.15, -0.1) is 0 Å². The fraction of sp³-hybridized carbons (Fsp3) is 0.583. The minimum Gasteiger partial charge on any atom is -0.391 e. The number of hydrogen-bond acceptors (Lipinski definition) is 2. The Morgan fingerprint density at radius 1 is 1.50 bits per heavy atom. The number of aromatic nitrogens is 1. The Bertz CT molecular complexity index is 391. The van der Waals surface area contributed by atoms with Gasteiger partial charge in [0.25, 0.3) is 12.3 Å². The van der Waals surface area contributed by atoms with Crippen LogP contribution in [0.5, 0.6) is 0 Å². The smallest absolute Gasteiger partial charge is 0.267 e. The topological polar surface area (TPSA) is 54.3 Å². The largest absolute Gasteiger partial charge is 0.391 e. The van der Waals surface area contributed by atoms with Gasteiger partial charge in [0.2, 0.25) is 0 Å². The minimum atomic E-state index is -2.51. The lowest BCUT2D eigenvalue weighted by Gasteiger charge is -2.15. The molecule has 0 aliphatic rings. The first-order chi connectivity index (χ1) is 8.41. The Morgan fingerprint density at radius 3 is 2.72 bits per heavy atom. The van der Waals surface area contributed by atoms with Crippen LogP contribution in [-0.2, 0) is 6.54 Å². The monoisotopic (exact) mass is 260 g/mol. The van der Waals surface area contributed by atoms with E-state index in [2.05, 4.69) is 5.32 Å². The van der Waals surface area contributed by atoms with E-state index >= 15 is 0 Å². The maximum absolute atomic E-state index is 12.3. The predicted octanol–water partition coefficient (Wildman–Crippen LogP) is 1.50. The Morgan fingerprint density at radius 2 is 2.17 bits per heavy atom. The molecule has 6 heteroatoms. The number of alkyl halides is 2. The van der Waals surface area contributed by atoms with Gasteiger partial charge in [-0.1, -0.05) is 13.8 Å². The van der Waals surface area contributed by atoms with E-state index in [4.69, 9.17) is 0 Å². The van der Waals surface area contributed by atoms with Crippen molar-refractivity contribution in [3.63, 3.8) is 0 Å². The molecule has 1 aromatic rings. The molecule has 0 spiro atoms. The first-order valence-electron chi connectivity index (χ1n) is 5.81. The molecule has 1 amide bonds. The highest BCUT2D eigenvalue weighted by atomic mass is 19.3. The fourth-order valence-corrected chi connectivity index (χ4v) is 1.45. The van der Waals surface area contributed by atoms with E-state index in [9.17, 15) is 18.7 Å². The van der Waals surface area contributed by atoms with Gasteiger partial charge in [-0.3, -0.25) is 4.79 Å². The molecule has 0 bridgehead atoms. The minimum absolute atomic E-state index is 0.0261. The van der Waals surface area contributed by atoms with Gasteiger partial charge in [-0.25, -0.2) is 8.78 Å². The molecule has 1 atom stereocenters. The van der Waals surface area contributed by atoms with Crippen LogP contribution in [0.2, 0.25) is 0 Å². The zero-order valence-electron chi connectivity index (χ0n) is 10.4. The van der Waals surface area contributed by atoms with Crippen LogP contribution in [0.3, 0.4) is 0 Å². The average molecular weight is 260 g/mol. The number of rotatable bonds is 6. The molecule has 0 saturated carbocycles. The quantitative estimate of drug-likeness (QED) is 0.814. The molecule has 102 valence electrons. The van der Waals surface area contributed by atoms with Gasteiger partial charge in [0, 0.05) is 12.7 Å². The SMILES string of the molecule is CC(C)C(O)CNC(=O)c1cccn1CC(F)F. The normalized spacial score (nSPS) is 13.1. The summed E-state index contributed by atoms with van der Waals surface area (Å²) in [6, 6.07) is 3.01. The van der Waals surface area contributed by atoms with Gasteiger partial charge in [0.15, 0.2) is 0 Å². The van der Waals surface area contributed by atoms with Crippen molar-refractivity contribution in [2.45, 2.75) is 32.9 Å². The number of halogens is 2. The molecule has 0 aliphatic heterocycles. The van der Waals surface area contributed by atoms with Crippen LogP contribution in [0.25, 0.3) is 0 Å². The molecule has 1 rings (SSSR count). The van der Waals surface area contributed by atoms with Crippen LogP contribution in [0, 0.1) is 5.92 Å². The highest BCUT2D eigenvalue weighted by Gasteiger charge is 2.15. The van der Waals surface area contributed by atoms with Crippen molar-refractivity contribution < 1.29 is 18.7 Å². The molecule has 18 heavy (non-hydrogen) atoms. The number of aliphatic hydroxyl groups excluding tert-OH is 1. The Kier molecular flexibility index (Phi) is 5.27. The van der Waals surface area contributed by atoms with Crippen LogP contribution in [0.15, 0.2) is 18.3 Å². The van der Waals surface area contributed by atoms with Gasteiger partial charge >= 0.3 is 0 Å². The molecule has 0 saturated heterocycles. The van der Waals surface area contributed by atoms with Crippen LogP contribution >= 0.6 is 0 Å². The third-order valence-electron chi connectivity index (χ3n) is 2.64. The summed E-state index contributed by atoms with van der Waals surface area (Å²) in [4.78, 5) is 11.7. The third kappa shape index (κ3) is 4.10. The maximum Gasteiger partial charge on any atom is 0.267 e. The van der Waals surface area contributed by atoms with Crippen molar-refractivity contribution in [1.82, 2.24) is 9.88 Å². The number of nitrogens with one attached hydrogen (secondary N) is 1. The first-order valence-corrected chi connectivity index (χ1v) is 5.81. The van der Waals surface area contributed by atoms with Crippen molar-refractivity contribution in [1.29, 1.82) is 0 Å². The zero-order chi connectivity index (χ0) is 13.7. The van der Waals surface area contributed by atoms with Gasteiger partial charge in [-0.05, 0) is 18.1 Å². The highest BCUT2D eigenvalue weighted by molar-refractivity contribution is 5.92. The summed E-state index contributed by atoms with van der Waals surface area (Å²) in [7, 11) is 0. The first kappa shape index (κ1) is 14.6. The molecule has 0 aromatic carbocycles. The lowest BCUT2D eigenvalue weighted by Crippen LogP contribution is -2.35. The molecule has 1 unspecified atom stereocenters. The van der Waals surface area contributed by atoms with E-state index in [-0.39, 0.29) is 18.2 Å². The van der Waals surface area contributed by atoms with Crippen molar-refractivity contribution >= 4 is 5.91 Å². The number of nitrogens with zero attached hydrogens (tertiary/aromatic N) is 1. The second-order valence-electron chi connectivity index (χ2n) is 4.46. The van der Waals surface area contributed by atoms with E-state index < -0.39 is 25.0 Å². The predicted molar refractivity (Wildman–Crippen MR) is 63.6 cm³/mol. The zero-order valence-corrected chi connectivity index (χ0v) is 10.4. The summed E-state index contributed by atoms with van der Waals surface area (Å²) in [5.41, 5.74) is 0.172. The number of carbonyl (C=O) groups is 1. The summed E-state index contributed by atoms with van der Waals surface area (Å²) < 4.78 is 25.7. The van der Waals surface area contributed by atoms with Crippen molar-refractivity contribution in [3.05, 3.63) is 24.0 Å². The fourth-order valence-electron chi connectivity index (χ4n) is 1.45. The summed E-state index contributed by atoms with van der Waals surface area (Å²) in [6.45, 7) is 3.26. The summed E-state index contributed by atoms with van der Waals surface area (Å²) >= 11 is 0. The van der Waals surface area contributed by atoms with Gasteiger partial charge in [0.05, 0.1) is 12.6 Å². The average Bonchev–Trinajstić information content (AvgIpc) is 2.72. The summed E-state index contributed by atoms with van der Waals surface area (Å²) in [6.07, 6.45) is -1.72. The highest BCUT2D eigenvalue weighted by Crippen LogP contribution is 2.07. The van der Waals surface area contributed by atoms with Gasteiger partial charge in [-0.2, -0.15) is 0 Å². The van der Waals surface area contributed by atoms with Gasteiger partial charge in [0.1, 0.15) is 5.69 Å². The second-order valence-corrected chi connectivity index (χ2v) is 4.46. The summed E-state index contributed by atoms with van der Waals surface area (Å²) in [5.74, 6) is -0.432. The molecule has 1 heterocycles.